The van der Waals surface area contributed by atoms with Crippen molar-refractivity contribution in [2.45, 2.75) is 35.8 Å². The van der Waals surface area contributed by atoms with Crippen LogP contribution in [0.25, 0.3) is 0 Å². The molecule has 0 radical (unpaired) electrons. The summed E-state index contributed by atoms with van der Waals surface area (Å²) in [7, 11) is -3.35. The highest BCUT2D eigenvalue weighted by Gasteiger charge is 2.47. The van der Waals surface area contributed by atoms with E-state index in [9.17, 15) is 13.2 Å². The molecule has 1 aliphatic heterocycles. The number of ketones is 1. The van der Waals surface area contributed by atoms with Gasteiger partial charge in [-0.2, -0.15) is 0 Å². The number of Topliss-reactive ketones (excluding diaryl/α,β-unsaturated/α-hetero) is 1. The number of carbonyl (C=O) groups is 1. The van der Waals surface area contributed by atoms with E-state index in [0.29, 0.717) is 22.0 Å². The Kier molecular flexibility index (Phi) is 3.70. The van der Waals surface area contributed by atoms with Crippen LogP contribution >= 0.6 is 45.2 Å². The van der Waals surface area contributed by atoms with E-state index in [-0.39, 0.29) is 16.6 Å². The fraction of sp³-hybridized carbons (Fsp3) is 0.462. The maximum Gasteiger partial charge on any atom is 0.183 e. The second kappa shape index (κ2) is 4.94. The van der Waals surface area contributed by atoms with Gasteiger partial charge in [0.1, 0.15) is 0 Å². The molecule has 2 aliphatic rings. The van der Waals surface area contributed by atoms with Gasteiger partial charge in [0.25, 0.3) is 0 Å². The Bertz CT molecular complexity index is 667. The predicted octanol–water partition coefficient (Wildman–Crippen LogP) is 3.42. The monoisotopic (exact) mass is 502 g/mol. The lowest BCUT2D eigenvalue weighted by Gasteiger charge is -2.35. The van der Waals surface area contributed by atoms with Crippen LogP contribution in [0.3, 0.4) is 0 Å². The first-order valence-electron chi connectivity index (χ1n) is 6.20. The third kappa shape index (κ3) is 2.17. The Labute approximate surface area is 139 Å². The first-order valence-corrected chi connectivity index (χ1v) is 9.90. The molecule has 1 aliphatic carbocycles. The van der Waals surface area contributed by atoms with E-state index in [4.69, 9.17) is 0 Å². The lowest BCUT2D eigenvalue weighted by atomic mass is 9.83. The average Bonchev–Trinajstić information content (AvgIpc) is 2.35. The molecular weight excluding hydrogens is 490 g/mol. The van der Waals surface area contributed by atoms with Crippen LogP contribution in [0.1, 0.15) is 36.0 Å². The van der Waals surface area contributed by atoms with Crippen molar-refractivity contribution >= 4 is 60.8 Å². The van der Waals surface area contributed by atoms with Crippen LogP contribution in [0.15, 0.2) is 17.0 Å². The molecule has 2 atom stereocenters. The zero-order valence-corrected chi connectivity index (χ0v) is 15.2. The largest absolute Gasteiger partial charge is 0.294 e. The summed E-state index contributed by atoms with van der Waals surface area (Å²) in [4.78, 5) is 12.9. The molecule has 102 valence electrons. The summed E-state index contributed by atoms with van der Waals surface area (Å²) in [5.74, 6) is -0.286. The van der Waals surface area contributed by atoms with Crippen molar-refractivity contribution in [3.63, 3.8) is 0 Å². The van der Waals surface area contributed by atoms with Crippen LogP contribution in [0.5, 0.6) is 0 Å². The van der Waals surface area contributed by atoms with E-state index in [1.807, 2.05) is 28.7 Å². The van der Waals surface area contributed by atoms with Gasteiger partial charge in [0.15, 0.2) is 15.6 Å². The number of hydrogen-bond donors (Lipinski definition) is 0. The molecule has 0 N–H and O–H groups in total. The Morgan fingerprint density at radius 2 is 1.79 bits per heavy atom. The van der Waals surface area contributed by atoms with Crippen molar-refractivity contribution in [2.75, 3.05) is 0 Å². The zero-order valence-electron chi connectivity index (χ0n) is 10.0. The Balaban J connectivity index is 2.30. The van der Waals surface area contributed by atoms with Crippen LogP contribution < -0.4 is 0 Å². The fourth-order valence-electron chi connectivity index (χ4n) is 3.15. The SMILES string of the molecule is O=C1c2cc(I)cc(I)c2S(=O)(=O)C2CCCCC12. The number of rotatable bonds is 0. The van der Waals surface area contributed by atoms with Crippen molar-refractivity contribution in [1.82, 2.24) is 0 Å². The molecule has 19 heavy (non-hydrogen) atoms. The molecule has 1 fully saturated rings. The van der Waals surface area contributed by atoms with Gasteiger partial charge in [-0.05, 0) is 70.2 Å². The normalized spacial score (nSPS) is 28.6. The molecule has 0 saturated heterocycles. The van der Waals surface area contributed by atoms with E-state index in [1.165, 1.54) is 0 Å². The number of benzene rings is 1. The first kappa shape index (κ1) is 14.2. The minimum atomic E-state index is -3.35. The molecule has 2 unspecified atom stereocenters. The lowest BCUT2D eigenvalue weighted by molar-refractivity contribution is 0.0882. The number of carbonyl (C=O) groups excluding carboxylic acids is 1. The number of hydrogen-bond acceptors (Lipinski definition) is 3. The molecule has 0 spiro atoms. The molecule has 3 rings (SSSR count). The quantitative estimate of drug-likeness (QED) is 0.512. The highest BCUT2D eigenvalue weighted by Crippen LogP contribution is 2.43. The molecule has 1 aromatic carbocycles. The van der Waals surface area contributed by atoms with Crippen LogP contribution in [-0.4, -0.2) is 19.5 Å². The van der Waals surface area contributed by atoms with E-state index in [0.717, 1.165) is 16.4 Å². The van der Waals surface area contributed by atoms with Gasteiger partial charge >= 0.3 is 0 Å². The van der Waals surface area contributed by atoms with Crippen LogP contribution in [0.2, 0.25) is 0 Å². The van der Waals surface area contributed by atoms with Gasteiger partial charge in [0.05, 0.1) is 10.1 Å². The third-order valence-corrected chi connectivity index (χ3v) is 8.21. The summed E-state index contributed by atoms with van der Waals surface area (Å²) in [5, 5.41) is -0.491. The van der Waals surface area contributed by atoms with E-state index >= 15 is 0 Å². The molecule has 3 nitrogen and oxygen atoms in total. The molecule has 1 aromatic rings. The number of sulfone groups is 1. The van der Waals surface area contributed by atoms with E-state index < -0.39 is 15.1 Å². The lowest BCUT2D eigenvalue weighted by Crippen LogP contribution is -2.43. The van der Waals surface area contributed by atoms with Crippen molar-refractivity contribution < 1.29 is 13.2 Å². The summed E-state index contributed by atoms with van der Waals surface area (Å²) in [5.41, 5.74) is 0.416. The fourth-order valence-corrected chi connectivity index (χ4v) is 8.19. The number of halogens is 2. The molecule has 0 aromatic heterocycles. The van der Waals surface area contributed by atoms with Gasteiger partial charge in [-0.25, -0.2) is 8.42 Å². The maximum absolute atomic E-state index is 12.8. The Morgan fingerprint density at radius 3 is 2.53 bits per heavy atom. The zero-order chi connectivity index (χ0) is 13.8. The minimum absolute atomic E-state index is 0.0333. The summed E-state index contributed by atoms with van der Waals surface area (Å²) < 4.78 is 27.1. The van der Waals surface area contributed by atoms with Gasteiger partial charge in [0.2, 0.25) is 0 Å². The van der Waals surface area contributed by atoms with Gasteiger partial charge < -0.3 is 0 Å². The van der Waals surface area contributed by atoms with Crippen molar-refractivity contribution in [3.8, 4) is 0 Å². The Hall–Kier alpha value is 0.300. The standard InChI is InChI=1S/C13H12I2O3S/c14-7-5-9-12(16)8-3-1-2-4-11(8)19(17,18)13(9)10(15)6-7/h5-6,8,11H,1-4H2. The van der Waals surface area contributed by atoms with Crippen LogP contribution in [-0.2, 0) is 9.84 Å². The second-order valence-corrected chi connectivity index (χ2v) is 9.61. The Morgan fingerprint density at radius 1 is 1.11 bits per heavy atom. The molecule has 0 amide bonds. The molecule has 1 heterocycles. The summed E-state index contributed by atoms with van der Waals surface area (Å²) >= 11 is 4.16. The summed E-state index contributed by atoms with van der Waals surface area (Å²) in [6.07, 6.45) is 3.20. The molecule has 0 bridgehead atoms. The second-order valence-electron chi connectivity index (χ2n) is 5.10. The van der Waals surface area contributed by atoms with Gasteiger partial charge in [-0.15, -0.1) is 0 Å². The van der Waals surface area contributed by atoms with Crippen molar-refractivity contribution in [2.24, 2.45) is 5.92 Å². The van der Waals surface area contributed by atoms with Crippen molar-refractivity contribution in [3.05, 3.63) is 24.8 Å². The smallest absolute Gasteiger partial charge is 0.183 e. The average molecular weight is 502 g/mol. The van der Waals surface area contributed by atoms with Crippen molar-refractivity contribution in [1.29, 1.82) is 0 Å². The first-order chi connectivity index (χ1) is 8.93. The van der Waals surface area contributed by atoms with Gasteiger partial charge in [-0.1, -0.05) is 12.8 Å². The molecule has 6 heteroatoms. The molecule has 1 saturated carbocycles. The molecular formula is C13H12I2O3S. The third-order valence-electron chi connectivity index (χ3n) is 4.00. The van der Waals surface area contributed by atoms with Gasteiger partial charge in [-0.3, -0.25) is 4.79 Å². The highest BCUT2D eigenvalue weighted by atomic mass is 127. The summed E-state index contributed by atoms with van der Waals surface area (Å²) in [6, 6.07) is 3.55. The topological polar surface area (TPSA) is 51.2 Å². The van der Waals surface area contributed by atoms with E-state index in [1.54, 1.807) is 6.07 Å². The van der Waals surface area contributed by atoms with Crippen LogP contribution in [0.4, 0.5) is 0 Å². The summed E-state index contributed by atoms with van der Waals surface area (Å²) in [6.45, 7) is 0. The predicted molar refractivity (Wildman–Crippen MR) is 89.1 cm³/mol. The maximum atomic E-state index is 12.8. The number of fused-ring (bicyclic) bond motifs is 2. The van der Waals surface area contributed by atoms with Gasteiger partial charge in [0, 0.05) is 18.6 Å². The van der Waals surface area contributed by atoms with E-state index in [2.05, 4.69) is 22.6 Å². The van der Waals surface area contributed by atoms with Crippen LogP contribution in [0, 0.1) is 13.1 Å². The highest BCUT2D eigenvalue weighted by molar-refractivity contribution is 14.1. The minimum Gasteiger partial charge on any atom is -0.294 e.